The van der Waals surface area contributed by atoms with Crippen molar-refractivity contribution in [2.75, 3.05) is 6.54 Å². The van der Waals surface area contributed by atoms with Crippen molar-refractivity contribution in [1.82, 2.24) is 15.6 Å². The van der Waals surface area contributed by atoms with Crippen LogP contribution in [0.5, 0.6) is 11.5 Å². The van der Waals surface area contributed by atoms with E-state index >= 15 is 0 Å². The van der Waals surface area contributed by atoms with Gasteiger partial charge in [0, 0.05) is 24.2 Å². The van der Waals surface area contributed by atoms with E-state index in [1.54, 1.807) is 36.4 Å². The Labute approximate surface area is 193 Å². The summed E-state index contributed by atoms with van der Waals surface area (Å²) in [6.07, 6.45) is -3.95. The molecule has 0 radical (unpaired) electrons. The Morgan fingerprint density at radius 3 is 2.56 bits per heavy atom. The van der Waals surface area contributed by atoms with Gasteiger partial charge in [-0.15, -0.1) is 0 Å². The SMILES string of the molecule is NC(=O)c1cccc(-c2ccc(Oc3ccc(C(F)(F)F)cc3CNC3CCNC3=O)cc2)n1. The quantitative estimate of drug-likeness (QED) is 0.489. The topological polar surface area (TPSA) is 106 Å². The number of carbonyl (C=O) groups is 2. The molecule has 1 aromatic heterocycles. The molecule has 1 aliphatic heterocycles. The number of rotatable bonds is 7. The molecule has 176 valence electrons. The van der Waals surface area contributed by atoms with E-state index in [1.165, 1.54) is 12.1 Å². The second kappa shape index (κ2) is 9.52. The Balaban J connectivity index is 1.55. The maximum atomic E-state index is 13.3. The molecule has 7 nitrogen and oxygen atoms in total. The van der Waals surface area contributed by atoms with Gasteiger partial charge in [0.2, 0.25) is 5.91 Å². The fraction of sp³-hybridized carbons (Fsp3) is 0.208. The van der Waals surface area contributed by atoms with Gasteiger partial charge in [0.1, 0.15) is 17.2 Å². The number of benzene rings is 2. The van der Waals surface area contributed by atoms with Gasteiger partial charge in [0.05, 0.1) is 17.3 Å². The highest BCUT2D eigenvalue weighted by Crippen LogP contribution is 2.34. The van der Waals surface area contributed by atoms with Crippen LogP contribution in [0.15, 0.2) is 60.7 Å². The van der Waals surface area contributed by atoms with Gasteiger partial charge in [0.15, 0.2) is 0 Å². The van der Waals surface area contributed by atoms with Crippen molar-refractivity contribution in [2.45, 2.75) is 25.2 Å². The summed E-state index contributed by atoms with van der Waals surface area (Å²) >= 11 is 0. The molecule has 2 amide bonds. The summed E-state index contributed by atoms with van der Waals surface area (Å²) in [4.78, 5) is 27.4. The molecule has 0 spiro atoms. The number of primary amides is 1. The van der Waals surface area contributed by atoms with Crippen LogP contribution in [0.25, 0.3) is 11.3 Å². The first-order valence-electron chi connectivity index (χ1n) is 10.5. The maximum absolute atomic E-state index is 13.3. The number of alkyl halides is 3. The van der Waals surface area contributed by atoms with Crippen LogP contribution in [0.1, 0.15) is 28.0 Å². The first-order valence-corrected chi connectivity index (χ1v) is 10.5. The molecule has 1 fully saturated rings. The van der Waals surface area contributed by atoms with Crippen molar-refractivity contribution < 1.29 is 27.5 Å². The van der Waals surface area contributed by atoms with Gasteiger partial charge >= 0.3 is 6.18 Å². The lowest BCUT2D eigenvalue weighted by atomic mass is 10.1. The Kier molecular flexibility index (Phi) is 6.51. The first kappa shape index (κ1) is 23.2. The van der Waals surface area contributed by atoms with E-state index in [9.17, 15) is 22.8 Å². The summed E-state index contributed by atoms with van der Waals surface area (Å²) in [5.74, 6) is -0.186. The molecule has 4 N–H and O–H groups in total. The lowest BCUT2D eigenvalue weighted by Gasteiger charge is -2.16. The average molecular weight is 470 g/mol. The zero-order valence-electron chi connectivity index (χ0n) is 17.9. The monoisotopic (exact) mass is 470 g/mol. The van der Waals surface area contributed by atoms with Crippen LogP contribution in [-0.2, 0) is 17.5 Å². The van der Waals surface area contributed by atoms with Gasteiger partial charge < -0.3 is 21.1 Å². The van der Waals surface area contributed by atoms with E-state index in [1.807, 2.05) is 0 Å². The van der Waals surface area contributed by atoms with E-state index in [0.29, 0.717) is 30.0 Å². The summed E-state index contributed by atoms with van der Waals surface area (Å²) in [5.41, 5.74) is 6.12. The number of aromatic nitrogens is 1. The highest BCUT2D eigenvalue weighted by Gasteiger charge is 2.31. The van der Waals surface area contributed by atoms with Gasteiger partial charge in [-0.25, -0.2) is 4.98 Å². The van der Waals surface area contributed by atoms with E-state index < -0.39 is 23.7 Å². The summed E-state index contributed by atoms with van der Waals surface area (Å²) in [5, 5.41) is 5.67. The fourth-order valence-electron chi connectivity index (χ4n) is 3.57. The molecule has 1 aliphatic rings. The molecular weight excluding hydrogens is 449 g/mol. The number of nitrogens with zero attached hydrogens (tertiary/aromatic N) is 1. The van der Waals surface area contributed by atoms with Crippen LogP contribution in [0.3, 0.4) is 0 Å². The Morgan fingerprint density at radius 1 is 1.15 bits per heavy atom. The maximum Gasteiger partial charge on any atom is 0.416 e. The van der Waals surface area contributed by atoms with Crippen molar-refractivity contribution in [1.29, 1.82) is 0 Å². The number of nitrogens with two attached hydrogens (primary N) is 1. The summed E-state index contributed by atoms with van der Waals surface area (Å²) in [6, 6.07) is 14.4. The molecule has 10 heteroatoms. The van der Waals surface area contributed by atoms with E-state index in [-0.39, 0.29) is 29.5 Å². The van der Waals surface area contributed by atoms with Crippen LogP contribution in [0.2, 0.25) is 0 Å². The predicted molar refractivity (Wildman–Crippen MR) is 118 cm³/mol. The van der Waals surface area contributed by atoms with Gasteiger partial charge in [-0.2, -0.15) is 13.2 Å². The first-order chi connectivity index (χ1) is 16.2. The number of hydrogen-bond acceptors (Lipinski definition) is 5. The summed E-state index contributed by atoms with van der Waals surface area (Å²) in [7, 11) is 0. The minimum atomic E-state index is -4.51. The van der Waals surface area contributed by atoms with Crippen LogP contribution in [0, 0.1) is 0 Å². The molecule has 4 rings (SSSR count). The molecular formula is C24H21F3N4O3. The number of hydrogen-bond donors (Lipinski definition) is 3. The Morgan fingerprint density at radius 2 is 1.91 bits per heavy atom. The molecule has 34 heavy (non-hydrogen) atoms. The number of pyridine rings is 1. The van der Waals surface area contributed by atoms with E-state index in [4.69, 9.17) is 10.5 Å². The number of nitrogens with one attached hydrogen (secondary N) is 2. The normalized spacial score (nSPS) is 15.7. The fourth-order valence-corrected chi connectivity index (χ4v) is 3.57. The number of amides is 2. The smallest absolute Gasteiger partial charge is 0.416 e. The molecule has 1 saturated heterocycles. The Bertz CT molecular complexity index is 1210. The summed E-state index contributed by atoms with van der Waals surface area (Å²) in [6.45, 7) is 0.547. The van der Waals surface area contributed by atoms with Gasteiger partial charge in [-0.05, 0) is 61.0 Å². The molecule has 1 unspecified atom stereocenters. The third-order valence-electron chi connectivity index (χ3n) is 5.35. The minimum absolute atomic E-state index is 0.0270. The van der Waals surface area contributed by atoms with Crippen LogP contribution < -0.4 is 21.1 Å². The highest BCUT2D eigenvalue weighted by molar-refractivity contribution is 5.91. The van der Waals surface area contributed by atoms with E-state index in [2.05, 4.69) is 15.6 Å². The number of ether oxygens (including phenoxy) is 1. The lowest BCUT2D eigenvalue weighted by Crippen LogP contribution is -2.35. The van der Waals surface area contributed by atoms with Crippen LogP contribution >= 0.6 is 0 Å². The molecule has 0 bridgehead atoms. The van der Waals surface area contributed by atoms with E-state index in [0.717, 1.165) is 12.1 Å². The second-order valence-electron chi connectivity index (χ2n) is 7.73. The molecule has 3 aromatic rings. The van der Waals surface area contributed by atoms with Crippen molar-refractivity contribution in [3.05, 3.63) is 77.5 Å². The standard InChI is InChI=1S/C24H21F3N4O3/c25-24(26,27)16-6-9-21(15(12-16)13-30-20-10-11-29-23(20)33)34-17-7-4-14(5-8-17)18-2-1-3-19(31-18)22(28)32/h1-9,12,20,30H,10-11,13H2,(H2,28,32)(H,29,33). The van der Waals surface area contributed by atoms with Gasteiger partial charge in [-0.1, -0.05) is 6.07 Å². The molecule has 2 heterocycles. The van der Waals surface area contributed by atoms with Gasteiger partial charge in [0.25, 0.3) is 5.91 Å². The largest absolute Gasteiger partial charge is 0.457 e. The average Bonchev–Trinajstić information content (AvgIpc) is 3.23. The predicted octanol–water partition coefficient (Wildman–Crippen LogP) is 3.64. The van der Waals surface area contributed by atoms with Crippen molar-refractivity contribution >= 4 is 11.8 Å². The Hall–Kier alpha value is -3.92. The highest BCUT2D eigenvalue weighted by atomic mass is 19.4. The molecule has 0 saturated carbocycles. The van der Waals surface area contributed by atoms with Crippen LogP contribution in [0.4, 0.5) is 13.2 Å². The minimum Gasteiger partial charge on any atom is -0.457 e. The second-order valence-corrected chi connectivity index (χ2v) is 7.73. The molecule has 1 atom stereocenters. The third kappa shape index (κ3) is 5.34. The number of carbonyl (C=O) groups excluding carboxylic acids is 2. The van der Waals surface area contributed by atoms with Crippen molar-refractivity contribution in [3.63, 3.8) is 0 Å². The van der Waals surface area contributed by atoms with Crippen molar-refractivity contribution in [2.24, 2.45) is 5.73 Å². The van der Waals surface area contributed by atoms with Crippen molar-refractivity contribution in [3.8, 4) is 22.8 Å². The molecule has 0 aliphatic carbocycles. The van der Waals surface area contributed by atoms with Gasteiger partial charge in [-0.3, -0.25) is 9.59 Å². The third-order valence-corrected chi connectivity index (χ3v) is 5.35. The lowest BCUT2D eigenvalue weighted by molar-refractivity contribution is -0.137. The van der Waals surface area contributed by atoms with Crippen LogP contribution in [-0.4, -0.2) is 29.4 Å². The summed E-state index contributed by atoms with van der Waals surface area (Å²) < 4.78 is 45.6. The zero-order chi connectivity index (χ0) is 24.3. The number of halogens is 3. The molecule has 2 aromatic carbocycles. The zero-order valence-corrected chi connectivity index (χ0v) is 17.9.